The molecule has 0 fully saturated rings. The normalized spacial score (nSPS) is 14.8. The van der Waals surface area contributed by atoms with Gasteiger partial charge >= 0.3 is 0 Å². The van der Waals surface area contributed by atoms with Gasteiger partial charge in [-0.25, -0.2) is 8.42 Å². The zero-order valence-electron chi connectivity index (χ0n) is 12.8. The standard InChI is InChI=1S/C18H17NO3S/c1-12-3-2-4-13(9-12)23(20,21)14-5-6-15-16-7-8-19-11-18(16)22-17(15)10-14/h2-6,9-10,19H,7-8,11H2,1H3. The van der Waals surface area contributed by atoms with Crippen LogP contribution in [0.15, 0.2) is 56.7 Å². The first-order valence-electron chi connectivity index (χ1n) is 7.62. The average molecular weight is 327 g/mol. The SMILES string of the molecule is Cc1cccc(S(=O)(=O)c2ccc3c4c(oc3c2)CNCC4)c1. The van der Waals surface area contributed by atoms with Crippen molar-refractivity contribution in [3.8, 4) is 0 Å². The largest absolute Gasteiger partial charge is 0.459 e. The number of sulfone groups is 1. The second kappa shape index (κ2) is 5.22. The smallest absolute Gasteiger partial charge is 0.206 e. The monoisotopic (exact) mass is 327 g/mol. The number of aryl methyl sites for hydroxylation is 1. The molecule has 0 saturated heterocycles. The Kier molecular flexibility index (Phi) is 3.28. The number of hydrogen-bond acceptors (Lipinski definition) is 4. The first-order chi connectivity index (χ1) is 11.1. The lowest BCUT2D eigenvalue weighted by Gasteiger charge is -2.10. The maximum absolute atomic E-state index is 12.8. The van der Waals surface area contributed by atoms with Gasteiger partial charge in [-0.05, 0) is 49.7 Å². The van der Waals surface area contributed by atoms with Gasteiger partial charge in [-0.15, -0.1) is 0 Å². The first kappa shape index (κ1) is 14.5. The summed E-state index contributed by atoms with van der Waals surface area (Å²) in [5.41, 5.74) is 2.76. The summed E-state index contributed by atoms with van der Waals surface area (Å²) < 4.78 is 31.5. The zero-order chi connectivity index (χ0) is 16.0. The molecular weight excluding hydrogens is 310 g/mol. The Bertz CT molecular complexity index is 1000. The molecule has 118 valence electrons. The van der Waals surface area contributed by atoms with Crippen LogP contribution >= 0.6 is 0 Å². The van der Waals surface area contributed by atoms with Gasteiger partial charge in [-0.1, -0.05) is 12.1 Å². The van der Waals surface area contributed by atoms with Crippen molar-refractivity contribution in [3.05, 3.63) is 59.4 Å². The molecule has 0 spiro atoms. The third-order valence-corrected chi connectivity index (χ3v) is 6.04. The molecule has 4 rings (SSSR count). The van der Waals surface area contributed by atoms with Crippen molar-refractivity contribution < 1.29 is 12.8 Å². The van der Waals surface area contributed by atoms with Crippen molar-refractivity contribution in [2.75, 3.05) is 6.54 Å². The first-order valence-corrected chi connectivity index (χ1v) is 9.11. The van der Waals surface area contributed by atoms with E-state index in [4.69, 9.17) is 4.42 Å². The van der Waals surface area contributed by atoms with Crippen LogP contribution in [-0.4, -0.2) is 15.0 Å². The molecule has 5 heteroatoms. The van der Waals surface area contributed by atoms with Gasteiger partial charge < -0.3 is 9.73 Å². The summed E-state index contributed by atoms with van der Waals surface area (Å²) >= 11 is 0. The van der Waals surface area contributed by atoms with E-state index in [0.717, 1.165) is 29.7 Å². The molecule has 0 bridgehead atoms. The van der Waals surface area contributed by atoms with Crippen LogP contribution in [0.2, 0.25) is 0 Å². The molecule has 1 aromatic heterocycles. The Labute approximate surface area is 135 Å². The highest BCUT2D eigenvalue weighted by atomic mass is 32.2. The van der Waals surface area contributed by atoms with E-state index in [1.54, 1.807) is 30.3 Å². The summed E-state index contributed by atoms with van der Waals surface area (Å²) in [6.45, 7) is 3.50. The summed E-state index contributed by atoms with van der Waals surface area (Å²) in [5.74, 6) is 0.913. The molecule has 0 atom stereocenters. The quantitative estimate of drug-likeness (QED) is 0.785. The molecule has 3 aromatic rings. The van der Waals surface area contributed by atoms with Crippen molar-refractivity contribution in [1.82, 2.24) is 5.32 Å². The van der Waals surface area contributed by atoms with Gasteiger partial charge in [-0.2, -0.15) is 0 Å². The number of hydrogen-bond donors (Lipinski definition) is 1. The summed E-state index contributed by atoms with van der Waals surface area (Å²) in [7, 11) is -3.53. The lowest BCUT2D eigenvalue weighted by atomic mass is 10.1. The summed E-state index contributed by atoms with van der Waals surface area (Å²) in [5, 5.41) is 4.29. The molecule has 4 nitrogen and oxygen atoms in total. The number of furan rings is 1. The van der Waals surface area contributed by atoms with Crippen molar-refractivity contribution in [2.45, 2.75) is 29.7 Å². The highest BCUT2D eigenvalue weighted by Crippen LogP contribution is 2.31. The van der Waals surface area contributed by atoms with Crippen LogP contribution < -0.4 is 5.32 Å². The Balaban J connectivity index is 1.86. The lowest BCUT2D eigenvalue weighted by Crippen LogP contribution is -2.22. The zero-order valence-corrected chi connectivity index (χ0v) is 13.6. The second-order valence-electron chi connectivity index (χ2n) is 5.91. The minimum atomic E-state index is -3.53. The van der Waals surface area contributed by atoms with Crippen molar-refractivity contribution in [1.29, 1.82) is 0 Å². The van der Waals surface area contributed by atoms with Crippen molar-refractivity contribution in [3.63, 3.8) is 0 Å². The summed E-state index contributed by atoms with van der Waals surface area (Å²) in [6.07, 6.45) is 0.909. The molecule has 0 radical (unpaired) electrons. The molecule has 0 saturated carbocycles. The van der Waals surface area contributed by atoms with Gasteiger partial charge in [0.2, 0.25) is 9.84 Å². The maximum Gasteiger partial charge on any atom is 0.206 e. The van der Waals surface area contributed by atoms with E-state index >= 15 is 0 Å². The Morgan fingerprint density at radius 3 is 2.74 bits per heavy atom. The number of fused-ring (bicyclic) bond motifs is 3. The van der Waals surface area contributed by atoms with Gasteiger partial charge in [0, 0.05) is 17.0 Å². The molecule has 23 heavy (non-hydrogen) atoms. The average Bonchev–Trinajstić information content (AvgIpc) is 2.92. The third kappa shape index (κ3) is 2.36. The Morgan fingerprint density at radius 2 is 1.91 bits per heavy atom. The van der Waals surface area contributed by atoms with Gasteiger partial charge in [0.25, 0.3) is 0 Å². The minimum absolute atomic E-state index is 0.273. The maximum atomic E-state index is 12.8. The van der Waals surface area contributed by atoms with E-state index in [1.807, 2.05) is 19.1 Å². The number of nitrogens with one attached hydrogen (secondary N) is 1. The fourth-order valence-corrected chi connectivity index (χ4v) is 4.48. The highest BCUT2D eigenvalue weighted by molar-refractivity contribution is 7.91. The highest BCUT2D eigenvalue weighted by Gasteiger charge is 2.22. The van der Waals surface area contributed by atoms with Crippen LogP contribution in [0, 0.1) is 6.92 Å². The van der Waals surface area contributed by atoms with E-state index < -0.39 is 9.84 Å². The van der Waals surface area contributed by atoms with E-state index in [9.17, 15) is 8.42 Å². The number of rotatable bonds is 2. The van der Waals surface area contributed by atoms with Gasteiger partial charge in [0.05, 0.1) is 16.3 Å². The molecule has 2 heterocycles. The lowest BCUT2D eigenvalue weighted by molar-refractivity contribution is 0.487. The van der Waals surface area contributed by atoms with Crippen LogP contribution in [0.3, 0.4) is 0 Å². The summed E-state index contributed by atoms with van der Waals surface area (Å²) in [4.78, 5) is 0.587. The number of benzene rings is 2. The molecule has 0 amide bonds. The van der Waals surface area contributed by atoms with Crippen LogP contribution in [-0.2, 0) is 22.8 Å². The van der Waals surface area contributed by atoms with E-state index in [0.29, 0.717) is 17.0 Å². The molecule has 1 N–H and O–H groups in total. The molecular formula is C18H17NO3S. The molecule has 1 aliphatic rings. The predicted molar refractivity (Wildman–Crippen MR) is 88.3 cm³/mol. The van der Waals surface area contributed by atoms with E-state index in [2.05, 4.69) is 5.32 Å². The minimum Gasteiger partial charge on any atom is -0.459 e. The van der Waals surface area contributed by atoms with Crippen LogP contribution in [0.1, 0.15) is 16.9 Å². The Hall–Kier alpha value is -2.11. The second-order valence-corrected chi connectivity index (χ2v) is 7.86. The molecule has 2 aromatic carbocycles. The topological polar surface area (TPSA) is 59.3 Å². The Morgan fingerprint density at radius 1 is 1.09 bits per heavy atom. The van der Waals surface area contributed by atoms with Crippen molar-refractivity contribution >= 4 is 20.8 Å². The molecule has 1 aliphatic heterocycles. The third-order valence-electron chi connectivity index (χ3n) is 4.30. The van der Waals surface area contributed by atoms with E-state index in [1.165, 1.54) is 5.56 Å². The van der Waals surface area contributed by atoms with Crippen LogP contribution in [0.5, 0.6) is 0 Å². The fourth-order valence-electron chi connectivity index (χ4n) is 3.10. The van der Waals surface area contributed by atoms with E-state index in [-0.39, 0.29) is 4.90 Å². The van der Waals surface area contributed by atoms with Crippen molar-refractivity contribution in [2.24, 2.45) is 0 Å². The summed E-state index contributed by atoms with van der Waals surface area (Å²) in [6, 6.07) is 12.2. The molecule has 0 unspecified atom stereocenters. The van der Waals surface area contributed by atoms with Gasteiger partial charge in [0.15, 0.2) is 0 Å². The van der Waals surface area contributed by atoms with Gasteiger partial charge in [-0.3, -0.25) is 0 Å². The molecule has 0 aliphatic carbocycles. The van der Waals surface area contributed by atoms with Crippen LogP contribution in [0.4, 0.5) is 0 Å². The van der Waals surface area contributed by atoms with Crippen LogP contribution in [0.25, 0.3) is 11.0 Å². The predicted octanol–water partition coefficient (Wildman–Crippen LogP) is 3.22. The fraction of sp³-hybridized carbons (Fsp3) is 0.222. The van der Waals surface area contributed by atoms with Gasteiger partial charge in [0.1, 0.15) is 11.3 Å².